The summed E-state index contributed by atoms with van der Waals surface area (Å²) in [5, 5.41) is 3.23. The van der Waals surface area contributed by atoms with E-state index in [2.05, 4.69) is 10.3 Å². The zero-order valence-electron chi connectivity index (χ0n) is 18.0. The number of carbonyl (C=O) groups is 1. The Hall–Kier alpha value is -4.44. The highest BCUT2D eigenvalue weighted by atomic mass is 16.2. The van der Waals surface area contributed by atoms with Crippen molar-refractivity contribution < 1.29 is 4.79 Å². The van der Waals surface area contributed by atoms with Gasteiger partial charge in [-0.15, -0.1) is 0 Å². The Morgan fingerprint density at radius 1 is 0.636 bits per heavy atom. The van der Waals surface area contributed by atoms with Crippen molar-refractivity contribution in [1.29, 1.82) is 0 Å². The van der Waals surface area contributed by atoms with Gasteiger partial charge in [-0.3, -0.25) is 4.79 Å². The van der Waals surface area contributed by atoms with Crippen molar-refractivity contribution in [2.24, 2.45) is 0 Å². The monoisotopic (exact) mass is 429 g/mol. The fourth-order valence-electron chi connectivity index (χ4n) is 3.93. The number of rotatable bonds is 6. The lowest BCUT2D eigenvalue weighted by Gasteiger charge is -2.20. The van der Waals surface area contributed by atoms with Crippen molar-refractivity contribution in [2.75, 3.05) is 0 Å². The van der Waals surface area contributed by atoms with E-state index in [0.29, 0.717) is 17.2 Å². The van der Waals surface area contributed by atoms with Gasteiger partial charge in [0.05, 0.1) is 6.04 Å². The van der Waals surface area contributed by atoms with Crippen LogP contribution in [0.2, 0.25) is 0 Å². The van der Waals surface area contributed by atoms with Crippen LogP contribution in [0.5, 0.6) is 0 Å². The Morgan fingerprint density at radius 2 is 1.09 bits per heavy atom. The Kier molecular flexibility index (Phi) is 5.81. The topological polar surface area (TPSA) is 57.8 Å². The first-order valence-electron chi connectivity index (χ1n) is 10.9. The van der Waals surface area contributed by atoms with E-state index in [1.165, 1.54) is 0 Å². The maximum Gasteiger partial charge on any atom is 0.270 e. The molecule has 4 aromatic carbocycles. The third-order valence-electron chi connectivity index (χ3n) is 5.57. The molecule has 5 aromatic rings. The van der Waals surface area contributed by atoms with E-state index in [-0.39, 0.29) is 11.9 Å². The van der Waals surface area contributed by atoms with Gasteiger partial charge < -0.3 is 10.3 Å². The van der Waals surface area contributed by atoms with Crippen molar-refractivity contribution in [3.05, 3.63) is 138 Å². The van der Waals surface area contributed by atoms with Crippen LogP contribution in [0.3, 0.4) is 0 Å². The van der Waals surface area contributed by atoms with E-state index >= 15 is 0 Å². The number of nitrogens with zero attached hydrogens (tertiary/aromatic N) is 1. The number of aromatic amines is 1. The SMILES string of the molecule is O=C(NC(c1ccccc1)c1ccccc1)c1[nH]c(-c2ccccc2)nc1-c1ccccc1. The highest BCUT2D eigenvalue weighted by Crippen LogP contribution is 2.28. The zero-order chi connectivity index (χ0) is 22.5. The van der Waals surface area contributed by atoms with E-state index < -0.39 is 0 Å². The van der Waals surface area contributed by atoms with Gasteiger partial charge in [0.2, 0.25) is 0 Å². The maximum absolute atomic E-state index is 13.7. The van der Waals surface area contributed by atoms with Crippen LogP contribution in [-0.4, -0.2) is 15.9 Å². The van der Waals surface area contributed by atoms with Crippen molar-refractivity contribution in [3.63, 3.8) is 0 Å². The summed E-state index contributed by atoms with van der Waals surface area (Å²) in [6.07, 6.45) is 0. The summed E-state index contributed by atoms with van der Waals surface area (Å²) in [5.41, 5.74) is 4.92. The molecule has 0 fully saturated rings. The largest absolute Gasteiger partial charge is 0.340 e. The van der Waals surface area contributed by atoms with Crippen LogP contribution in [0.4, 0.5) is 0 Å². The highest BCUT2D eigenvalue weighted by molar-refractivity contribution is 5.99. The van der Waals surface area contributed by atoms with Gasteiger partial charge in [0, 0.05) is 11.1 Å². The van der Waals surface area contributed by atoms with Crippen LogP contribution in [0.25, 0.3) is 22.6 Å². The van der Waals surface area contributed by atoms with Gasteiger partial charge >= 0.3 is 0 Å². The average molecular weight is 430 g/mol. The molecular weight excluding hydrogens is 406 g/mol. The molecule has 0 radical (unpaired) electrons. The predicted octanol–water partition coefficient (Wildman–Crippen LogP) is 6.26. The van der Waals surface area contributed by atoms with E-state index in [9.17, 15) is 4.79 Å². The number of aromatic nitrogens is 2. The lowest BCUT2D eigenvalue weighted by molar-refractivity contribution is 0.0939. The molecule has 0 spiro atoms. The van der Waals surface area contributed by atoms with Crippen molar-refractivity contribution in [2.45, 2.75) is 6.04 Å². The van der Waals surface area contributed by atoms with Gasteiger partial charge in [-0.2, -0.15) is 0 Å². The van der Waals surface area contributed by atoms with E-state index in [4.69, 9.17) is 4.98 Å². The summed E-state index contributed by atoms with van der Waals surface area (Å²) >= 11 is 0. The van der Waals surface area contributed by atoms with Crippen LogP contribution in [-0.2, 0) is 0 Å². The fraction of sp³-hybridized carbons (Fsp3) is 0.0345. The standard InChI is InChI=1S/C29H23N3O/c33-29(32-25(21-13-5-1-6-14-21)22-15-7-2-8-16-22)27-26(23-17-9-3-10-18-23)30-28(31-27)24-19-11-4-12-20-24/h1-20,25H,(H,30,31)(H,32,33). The molecule has 0 saturated carbocycles. The van der Waals surface area contributed by atoms with Gasteiger partial charge in [-0.25, -0.2) is 4.98 Å². The van der Waals surface area contributed by atoms with Crippen LogP contribution >= 0.6 is 0 Å². The molecule has 2 N–H and O–H groups in total. The maximum atomic E-state index is 13.7. The average Bonchev–Trinajstić information content (AvgIpc) is 3.35. The van der Waals surface area contributed by atoms with Gasteiger partial charge in [0.1, 0.15) is 17.2 Å². The number of nitrogens with one attached hydrogen (secondary N) is 2. The minimum atomic E-state index is -0.285. The van der Waals surface area contributed by atoms with E-state index in [0.717, 1.165) is 22.3 Å². The first-order chi connectivity index (χ1) is 16.3. The normalized spacial score (nSPS) is 10.8. The van der Waals surface area contributed by atoms with Crippen LogP contribution in [0.1, 0.15) is 27.7 Å². The Morgan fingerprint density at radius 3 is 1.61 bits per heavy atom. The first kappa shape index (κ1) is 20.5. The fourth-order valence-corrected chi connectivity index (χ4v) is 3.93. The molecule has 4 heteroatoms. The second-order valence-corrected chi connectivity index (χ2v) is 7.77. The third-order valence-corrected chi connectivity index (χ3v) is 5.57. The molecule has 0 unspecified atom stereocenters. The quantitative estimate of drug-likeness (QED) is 0.335. The number of benzene rings is 4. The summed E-state index contributed by atoms with van der Waals surface area (Å²) in [5.74, 6) is 0.455. The number of H-pyrrole nitrogens is 1. The van der Waals surface area contributed by atoms with Crippen molar-refractivity contribution in [1.82, 2.24) is 15.3 Å². The summed E-state index contributed by atoms with van der Waals surface area (Å²) in [6.45, 7) is 0. The molecule has 33 heavy (non-hydrogen) atoms. The minimum absolute atomic E-state index is 0.207. The Balaban J connectivity index is 1.56. The lowest BCUT2D eigenvalue weighted by atomic mass is 9.98. The van der Waals surface area contributed by atoms with Crippen LogP contribution in [0.15, 0.2) is 121 Å². The van der Waals surface area contributed by atoms with E-state index in [1.807, 2.05) is 121 Å². The van der Waals surface area contributed by atoms with Gasteiger partial charge in [0.25, 0.3) is 5.91 Å². The Labute approximate surface area is 193 Å². The summed E-state index contributed by atoms with van der Waals surface area (Å²) in [6, 6.07) is 39.3. The number of hydrogen-bond acceptors (Lipinski definition) is 2. The lowest BCUT2D eigenvalue weighted by Crippen LogP contribution is -2.30. The van der Waals surface area contributed by atoms with Crippen LogP contribution in [0, 0.1) is 0 Å². The van der Waals surface area contributed by atoms with Gasteiger partial charge in [0.15, 0.2) is 0 Å². The summed E-state index contributed by atoms with van der Waals surface area (Å²) in [4.78, 5) is 21.7. The van der Waals surface area contributed by atoms with Crippen molar-refractivity contribution in [3.8, 4) is 22.6 Å². The number of amides is 1. The second kappa shape index (κ2) is 9.37. The molecule has 0 aliphatic rings. The smallest absolute Gasteiger partial charge is 0.270 e. The predicted molar refractivity (Wildman–Crippen MR) is 132 cm³/mol. The number of carbonyl (C=O) groups excluding carboxylic acids is 1. The molecule has 1 heterocycles. The summed E-state index contributed by atoms with van der Waals surface area (Å²) < 4.78 is 0. The third kappa shape index (κ3) is 4.46. The Bertz CT molecular complexity index is 1290. The minimum Gasteiger partial charge on any atom is -0.340 e. The molecule has 4 nitrogen and oxygen atoms in total. The first-order valence-corrected chi connectivity index (χ1v) is 10.9. The van der Waals surface area contributed by atoms with Crippen molar-refractivity contribution >= 4 is 5.91 Å². The molecule has 1 amide bonds. The summed E-state index contributed by atoms with van der Waals surface area (Å²) in [7, 11) is 0. The molecule has 0 aliphatic carbocycles. The van der Waals surface area contributed by atoms with Gasteiger partial charge in [-0.05, 0) is 11.1 Å². The van der Waals surface area contributed by atoms with Gasteiger partial charge in [-0.1, -0.05) is 121 Å². The molecule has 0 saturated heterocycles. The molecule has 0 aliphatic heterocycles. The molecule has 0 bridgehead atoms. The highest BCUT2D eigenvalue weighted by Gasteiger charge is 2.23. The second-order valence-electron chi connectivity index (χ2n) is 7.77. The zero-order valence-corrected chi connectivity index (χ0v) is 18.0. The van der Waals surface area contributed by atoms with E-state index in [1.54, 1.807) is 0 Å². The molecule has 0 atom stereocenters. The number of hydrogen-bond donors (Lipinski definition) is 2. The molecule has 1 aromatic heterocycles. The molecule has 5 rings (SSSR count). The molecule has 160 valence electrons. The molecular formula is C29H23N3O. The number of imidazole rings is 1. The van der Waals surface area contributed by atoms with Crippen LogP contribution < -0.4 is 5.32 Å².